The molecule has 1 aromatic heterocycles. The van der Waals surface area contributed by atoms with Crippen molar-refractivity contribution in [2.75, 3.05) is 31.1 Å². The van der Waals surface area contributed by atoms with E-state index in [0.29, 0.717) is 36.5 Å². The number of hydrogen-bond acceptors (Lipinski definition) is 6. The monoisotopic (exact) mass is 409 g/mol. The molecular formula is C18H18F3N5O3. The Morgan fingerprint density at radius 3 is 2.45 bits per heavy atom. The Morgan fingerprint density at radius 2 is 1.79 bits per heavy atom. The number of halogens is 3. The highest BCUT2D eigenvalue weighted by Crippen LogP contribution is 2.34. The van der Waals surface area contributed by atoms with E-state index in [1.165, 1.54) is 12.1 Å². The number of benzene rings is 1. The van der Waals surface area contributed by atoms with E-state index in [1.807, 2.05) is 10.2 Å². The molecule has 0 radical (unpaired) electrons. The van der Waals surface area contributed by atoms with Gasteiger partial charge in [-0.05, 0) is 24.6 Å². The SMILES string of the molecule is O=C1CCC(n2nc(C(F)(F)F)c3cc(N4CCNCC4)ccc3c2=O)C(=O)N1. The molecule has 1 atom stereocenters. The van der Waals surface area contributed by atoms with Gasteiger partial charge in [0.2, 0.25) is 5.91 Å². The minimum atomic E-state index is -4.82. The van der Waals surface area contributed by atoms with E-state index >= 15 is 0 Å². The number of amides is 2. The van der Waals surface area contributed by atoms with Gasteiger partial charge in [0.05, 0.1) is 5.39 Å². The van der Waals surface area contributed by atoms with Crippen LogP contribution < -0.4 is 21.1 Å². The van der Waals surface area contributed by atoms with Crippen LogP contribution in [0.3, 0.4) is 0 Å². The minimum absolute atomic E-state index is 0.0775. The van der Waals surface area contributed by atoms with E-state index in [0.717, 1.165) is 0 Å². The summed E-state index contributed by atoms with van der Waals surface area (Å²) in [6, 6.07) is 3.00. The zero-order chi connectivity index (χ0) is 20.8. The lowest BCUT2D eigenvalue weighted by atomic mass is 10.0. The molecule has 2 aliphatic rings. The van der Waals surface area contributed by atoms with Crippen molar-refractivity contribution >= 4 is 28.3 Å². The predicted octanol–water partition coefficient (Wildman–Crippen LogP) is 0.803. The zero-order valence-electron chi connectivity index (χ0n) is 15.3. The molecule has 2 aromatic rings. The van der Waals surface area contributed by atoms with Gasteiger partial charge in [0, 0.05) is 43.7 Å². The second-order valence-corrected chi connectivity index (χ2v) is 7.03. The molecule has 1 aromatic carbocycles. The quantitative estimate of drug-likeness (QED) is 0.713. The first-order chi connectivity index (χ1) is 13.8. The fraction of sp³-hybridized carbons (Fsp3) is 0.444. The molecule has 2 amide bonds. The molecule has 0 aliphatic carbocycles. The normalized spacial score (nSPS) is 20.8. The first kappa shape index (κ1) is 19.4. The maximum absolute atomic E-state index is 13.8. The molecule has 11 heteroatoms. The summed E-state index contributed by atoms with van der Waals surface area (Å²) in [4.78, 5) is 38.2. The van der Waals surface area contributed by atoms with Crippen LogP contribution in [0.1, 0.15) is 24.6 Å². The average Bonchev–Trinajstić information content (AvgIpc) is 2.68. The van der Waals surface area contributed by atoms with Crippen LogP contribution in [0.25, 0.3) is 10.8 Å². The largest absolute Gasteiger partial charge is 0.435 e. The third-order valence-electron chi connectivity index (χ3n) is 5.16. The molecule has 154 valence electrons. The van der Waals surface area contributed by atoms with Crippen molar-refractivity contribution in [2.24, 2.45) is 0 Å². The van der Waals surface area contributed by atoms with Gasteiger partial charge in [-0.25, -0.2) is 4.68 Å². The Kier molecular flexibility index (Phi) is 4.77. The average molecular weight is 409 g/mol. The molecule has 2 N–H and O–H groups in total. The number of alkyl halides is 3. The van der Waals surface area contributed by atoms with Gasteiger partial charge in [0.25, 0.3) is 11.5 Å². The highest BCUT2D eigenvalue weighted by atomic mass is 19.4. The topological polar surface area (TPSA) is 96.3 Å². The van der Waals surface area contributed by atoms with E-state index in [1.54, 1.807) is 6.07 Å². The summed E-state index contributed by atoms with van der Waals surface area (Å²) in [6.07, 6.45) is -4.98. The van der Waals surface area contributed by atoms with E-state index in [-0.39, 0.29) is 23.6 Å². The molecule has 2 fully saturated rings. The number of anilines is 1. The first-order valence-corrected chi connectivity index (χ1v) is 9.19. The van der Waals surface area contributed by atoms with Crippen LogP contribution in [-0.2, 0) is 15.8 Å². The van der Waals surface area contributed by atoms with Crippen molar-refractivity contribution in [3.63, 3.8) is 0 Å². The first-order valence-electron chi connectivity index (χ1n) is 9.19. The molecule has 0 spiro atoms. The van der Waals surface area contributed by atoms with Crippen molar-refractivity contribution in [1.82, 2.24) is 20.4 Å². The summed E-state index contributed by atoms with van der Waals surface area (Å²) in [7, 11) is 0. The second kappa shape index (κ2) is 7.14. The summed E-state index contributed by atoms with van der Waals surface area (Å²) >= 11 is 0. The number of piperazine rings is 1. The van der Waals surface area contributed by atoms with Crippen LogP contribution in [0.5, 0.6) is 0 Å². The number of imide groups is 1. The predicted molar refractivity (Wildman–Crippen MR) is 97.5 cm³/mol. The lowest BCUT2D eigenvalue weighted by molar-refractivity contribution is -0.143. The van der Waals surface area contributed by atoms with Crippen LogP contribution in [0.4, 0.5) is 18.9 Å². The van der Waals surface area contributed by atoms with Gasteiger partial charge in [0.15, 0.2) is 5.69 Å². The highest BCUT2D eigenvalue weighted by Gasteiger charge is 2.38. The van der Waals surface area contributed by atoms with Crippen LogP contribution in [-0.4, -0.2) is 47.8 Å². The lowest BCUT2D eigenvalue weighted by Gasteiger charge is -2.30. The van der Waals surface area contributed by atoms with Crippen molar-refractivity contribution in [1.29, 1.82) is 0 Å². The van der Waals surface area contributed by atoms with Gasteiger partial charge >= 0.3 is 6.18 Å². The van der Waals surface area contributed by atoms with Crippen LogP contribution in [0.2, 0.25) is 0 Å². The maximum atomic E-state index is 13.8. The van der Waals surface area contributed by atoms with Gasteiger partial charge in [-0.15, -0.1) is 0 Å². The number of fused-ring (bicyclic) bond motifs is 1. The maximum Gasteiger partial charge on any atom is 0.435 e. The number of aromatic nitrogens is 2. The third-order valence-corrected chi connectivity index (χ3v) is 5.16. The summed E-state index contributed by atoms with van der Waals surface area (Å²) < 4.78 is 41.9. The number of hydrogen-bond donors (Lipinski definition) is 2. The number of piperidine rings is 1. The van der Waals surface area contributed by atoms with Crippen LogP contribution in [0, 0.1) is 0 Å². The van der Waals surface area contributed by atoms with E-state index in [2.05, 4.69) is 10.4 Å². The van der Waals surface area contributed by atoms with Gasteiger partial charge in [-0.3, -0.25) is 19.7 Å². The number of nitrogens with one attached hydrogen (secondary N) is 2. The van der Waals surface area contributed by atoms with Gasteiger partial charge in [0.1, 0.15) is 6.04 Å². The molecule has 8 nitrogen and oxygen atoms in total. The van der Waals surface area contributed by atoms with Crippen LogP contribution in [0.15, 0.2) is 23.0 Å². The van der Waals surface area contributed by atoms with Crippen molar-refractivity contribution < 1.29 is 22.8 Å². The molecule has 2 aliphatic heterocycles. The van der Waals surface area contributed by atoms with Crippen molar-refractivity contribution in [3.8, 4) is 0 Å². The van der Waals surface area contributed by atoms with E-state index in [4.69, 9.17) is 0 Å². The smallest absolute Gasteiger partial charge is 0.369 e. The summed E-state index contributed by atoms with van der Waals surface area (Å²) in [5.74, 6) is -1.36. The third kappa shape index (κ3) is 3.57. The Hall–Kier alpha value is -2.95. The fourth-order valence-corrected chi connectivity index (χ4v) is 3.70. The standard InChI is InChI=1S/C18H18F3N5O3/c19-18(20,21)15-12-9-10(25-7-5-22-6-8-25)1-2-11(12)17(29)26(24-15)13-3-4-14(27)23-16(13)28/h1-2,9,13,22H,3-8H2,(H,23,27,28). The molecule has 0 saturated carbocycles. The van der Waals surface area contributed by atoms with E-state index in [9.17, 15) is 27.6 Å². The molecule has 3 heterocycles. The molecule has 1 unspecified atom stereocenters. The number of nitrogens with zero attached hydrogens (tertiary/aromatic N) is 3. The Morgan fingerprint density at radius 1 is 1.07 bits per heavy atom. The summed E-state index contributed by atoms with van der Waals surface area (Å²) in [5.41, 5.74) is -1.45. The van der Waals surface area contributed by atoms with Gasteiger partial charge in [-0.1, -0.05) is 0 Å². The number of rotatable bonds is 2. The molecule has 2 saturated heterocycles. The zero-order valence-corrected chi connectivity index (χ0v) is 15.3. The fourth-order valence-electron chi connectivity index (χ4n) is 3.70. The summed E-state index contributed by atoms with van der Waals surface area (Å²) in [6.45, 7) is 2.68. The van der Waals surface area contributed by atoms with Gasteiger partial charge in [-0.2, -0.15) is 18.3 Å². The Bertz CT molecular complexity index is 1040. The number of carbonyl (C=O) groups excluding carboxylic acids is 2. The number of carbonyl (C=O) groups is 2. The van der Waals surface area contributed by atoms with Crippen molar-refractivity contribution in [3.05, 3.63) is 34.2 Å². The van der Waals surface area contributed by atoms with Crippen molar-refractivity contribution in [2.45, 2.75) is 25.1 Å². The summed E-state index contributed by atoms with van der Waals surface area (Å²) in [5, 5.41) is 8.27. The minimum Gasteiger partial charge on any atom is -0.369 e. The van der Waals surface area contributed by atoms with Crippen LogP contribution >= 0.6 is 0 Å². The van der Waals surface area contributed by atoms with Gasteiger partial charge < -0.3 is 10.2 Å². The Labute approximate surface area is 162 Å². The highest BCUT2D eigenvalue weighted by molar-refractivity contribution is 5.99. The van der Waals surface area contributed by atoms with E-state index < -0.39 is 35.3 Å². The Balaban J connectivity index is 1.87. The second-order valence-electron chi connectivity index (χ2n) is 7.03. The lowest BCUT2D eigenvalue weighted by Crippen LogP contribution is -2.45. The molecular weight excluding hydrogens is 391 g/mol. The molecule has 29 heavy (non-hydrogen) atoms. The molecule has 4 rings (SSSR count). The molecule has 0 bridgehead atoms.